The quantitative estimate of drug-likeness (QED) is 0.625. The van der Waals surface area contributed by atoms with Gasteiger partial charge in [0, 0.05) is 20.2 Å². The average Bonchev–Trinajstić information content (AvgIpc) is 3.04. The lowest BCUT2D eigenvalue weighted by molar-refractivity contribution is 0.0454. The third-order valence-electron chi connectivity index (χ3n) is 3.94. The van der Waals surface area contributed by atoms with Gasteiger partial charge in [-0.15, -0.1) is 5.10 Å². The third kappa shape index (κ3) is 3.18. The molecule has 0 bridgehead atoms. The zero-order chi connectivity index (χ0) is 18.8. The molecule has 9 heteroatoms. The molecule has 0 radical (unpaired) electrons. The van der Waals surface area contributed by atoms with Crippen LogP contribution in [0.5, 0.6) is 0 Å². The monoisotopic (exact) mass is 355 g/mol. The predicted octanol–water partition coefficient (Wildman–Crippen LogP) is 0.330. The van der Waals surface area contributed by atoms with Crippen LogP contribution in [0.25, 0.3) is 5.69 Å². The van der Waals surface area contributed by atoms with Crippen molar-refractivity contribution in [2.75, 3.05) is 0 Å². The van der Waals surface area contributed by atoms with Crippen LogP contribution < -0.4 is 11.2 Å². The number of aryl methyl sites for hydroxylation is 1. The number of rotatable bonds is 4. The zero-order valence-corrected chi connectivity index (χ0v) is 14.5. The highest BCUT2D eigenvalue weighted by Gasteiger charge is 2.18. The van der Waals surface area contributed by atoms with Gasteiger partial charge in [-0.25, -0.2) is 9.59 Å². The highest BCUT2D eigenvalue weighted by atomic mass is 16.5. The Morgan fingerprint density at radius 3 is 2.46 bits per heavy atom. The van der Waals surface area contributed by atoms with Crippen molar-refractivity contribution >= 4 is 5.97 Å². The van der Waals surface area contributed by atoms with Gasteiger partial charge in [0.05, 0.1) is 17.1 Å². The van der Waals surface area contributed by atoms with Crippen molar-refractivity contribution in [1.29, 1.82) is 0 Å². The summed E-state index contributed by atoms with van der Waals surface area (Å²) in [5, 5.41) is 8.37. The molecule has 3 aromatic rings. The summed E-state index contributed by atoms with van der Waals surface area (Å²) < 4.78 is 7.44. The minimum Gasteiger partial charge on any atom is -0.454 e. The van der Waals surface area contributed by atoms with E-state index in [-0.39, 0.29) is 12.3 Å². The summed E-state index contributed by atoms with van der Waals surface area (Å²) in [6.07, 6.45) is 0. The van der Waals surface area contributed by atoms with Crippen LogP contribution in [0.4, 0.5) is 0 Å². The number of para-hydroxylation sites is 1. The zero-order valence-electron chi connectivity index (χ0n) is 14.5. The Hall–Kier alpha value is -3.49. The van der Waals surface area contributed by atoms with Crippen LogP contribution in [0, 0.1) is 6.92 Å². The van der Waals surface area contributed by atoms with E-state index >= 15 is 0 Å². The van der Waals surface area contributed by atoms with E-state index in [4.69, 9.17) is 4.74 Å². The van der Waals surface area contributed by atoms with Crippen molar-refractivity contribution < 1.29 is 9.53 Å². The van der Waals surface area contributed by atoms with E-state index in [1.54, 1.807) is 6.92 Å². The summed E-state index contributed by atoms with van der Waals surface area (Å²) in [5.74, 6) is -0.683. The van der Waals surface area contributed by atoms with E-state index < -0.39 is 17.2 Å². The Bertz CT molecular complexity index is 1080. The summed E-state index contributed by atoms with van der Waals surface area (Å²) in [5.41, 5.74) is 0.530. The summed E-state index contributed by atoms with van der Waals surface area (Å²) in [4.78, 5) is 37.3. The SMILES string of the molecule is Cc1nn(-c2ccccc2)nc1C(=O)OCc1cc(=O)n(C)c(=O)n1C. The molecule has 0 saturated carbocycles. The lowest BCUT2D eigenvalue weighted by atomic mass is 10.3. The molecule has 0 fully saturated rings. The number of hydrogen-bond acceptors (Lipinski definition) is 6. The molecule has 0 aliphatic rings. The van der Waals surface area contributed by atoms with E-state index in [9.17, 15) is 14.4 Å². The standard InChI is InChI=1S/C17H17N5O4/c1-11-15(19-22(18-11)12-7-5-4-6-8-12)16(24)26-10-13-9-14(23)21(3)17(25)20(13)2/h4-9H,10H2,1-3H3. The Morgan fingerprint density at radius 1 is 1.08 bits per heavy atom. The highest BCUT2D eigenvalue weighted by Crippen LogP contribution is 2.10. The molecule has 0 aliphatic carbocycles. The van der Waals surface area contributed by atoms with Crippen LogP contribution in [0.1, 0.15) is 21.9 Å². The lowest BCUT2D eigenvalue weighted by Crippen LogP contribution is -2.38. The molecule has 9 nitrogen and oxygen atoms in total. The smallest absolute Gasteiger partial charge is 0.361 e. The van der Waals surface area contributed by atoms with E-state index in [1.165, 1.54) is 29.5 Å². The molecular weight excluding hydrogens is 338 g/mol. The van der Waals surface area contributed by atoms with Crippen LogP contribution in [-0.4, -0.2) is 30.1 Å². The van der Waals surface area contributed by atoms with Gasteiger partial charge in [0.1, 0.15) is 6.61 Å². The van der Waals surface area contributed by atoms with Gasteiger partial charge in [-0.2, -0.15) is 9.90 Å². The fourth-order valence-electron chi connectivity index (χ4n) is 2.37. The van der Waals surface area contributed by atoms with Crippen LogP contribution in [0.2, 0.25) is 0 Å². The first-order chi connectivity index (χ1) is 12.4. The second-order valence-corrected chi connectivity index (χ2v) is 5.71. The second kappa shape index (κ2) is 6.79. The number of ether oxygens (including phenoxy) is 1. The maximum absolute atomic E-state index is 12.3. The number of esters is 1. The molecule has 0 aliphatic heterocycles. The maximum atomic E-state index is 12.3. The van der Waals surface area contributed by atoms with E-state index in [2.05, 4.69) is 10.2 Å². The number of hydrogen-bond donors (Lipinski definition) is 0. The van der Waals surface area contributed by atoms with Crippen molar-refractivity contribution in [2.45, 2.75) is 13.5 Å². The Kier molecular flexibility index (Phi) is 4.53. The topological polar surface area (TPSA) is 101 Å². The fourth-order valence-corrected chi connectivity index (χ4v) is 2.37. The van der Waals surface area contributed by atoms with Gasteiger partial charge in [-0.05, 0) is 19.1 Å². The first-order valence-electron chi connectivity index (χ1n) is 7.81. The molecule has 3 rings (SSSR count). The van der Waals surface area contributed by atoms with Gasteiger partial charge >= 0.3 is 11.7 Å². The number of carbonyl (C=O) groups is 1. The summed E-state index contributed by atoms with van der Waals surface area (Å²) in [6, 6.07) is 10.4. The average molecular weight is 355 g/mol. The van der Waals surface area contributed by atoms with Crippen molar-refractivity contribution in [2.24, 2.45) is 14.1 Å². The largest absolute Gasteiger partial charge is 0.454 e. The molecule has 0 atom stereocenters. The normalized spacial score (nSPS) is 10.7. The van der Waals surface area contributed by atoms with Crippen molar-refractivity contribution in [3.8, 4) is 5.69 Å². The van der Waals surface area contributed by atoms with Gasteiger partial charge in [0.2, 0.25) is 0 Å². The molecule has 2 aromatic heterocycles. The highest BCUT2D eigenvalue weighted by molar-refractivity contribution is 5.88. The molecule has 1 aromatic carbocycles. The molecule has 0 unspecified atom stereocenters. The second-order valence-electron chi connectivity index (χ2n) is 5.71. The Balaban J connectivity index is 1.81. The van der Waals surface area contributed by atoms with Gasteiger partial charge in [-0.3, -0.25) is 13.9 Å². The van der Waals surface area contributed by atoms with Crippen LogP contribution in [-0.2, 0) is 25.4 Å². The number of aromatic nitrogens is 5. The Labute approximate surface area is 148 Å². The van der Waals surface area contributed by atoms with Crippen molar-refractivity contribution in [1.82, 2.24) is 24.1 Å². The lowest BCUT2D eigenvalue weighted by Gasteiger charge is -2.09. The predicted molar refractivity (Wildman–Crippen MR) is 92.1 cm³/mol. The molecule has 0 N–H and O–H groups in total. The van der Waals surface area contributed by atoms with E-state index in [1.807, 2.05) is 30.3 Å². The maximum Gasteiger partial charge on any atom is 0.361 e. The summed E-state index contributed by atoms with van der Waals surface area (Å²) in [6.45, 7) is 1.43. The van der Waals surface area contributed by atoms with Gasteiger partial charge in [-0.1, -0.05) is 18.2 Å². The van der Waals surface area contributed by atoms with Gasteiger partial charge in [0.15, 0.2) is 5.69 Å². The summed E-state index contributed by atoms with van der Waals surface area (Å²) in [7, 11) is 2.88. The molecule has 0 spiro atoms. The minimum absolute atomic E-state index is 0.0719. The van der Waals surface area contributed by atoms with E-state index in [0.717, 1.165) is 4.57 Å². The van der Waals surface area contributed by atoms with Crippen LogP contribution >= 0.6 is 0 Å². The molecule has 134 valence electrons. The molecule has 2 heterocycles. The van der Waals surface area contributed by atoms with Gasteiger partial charge in [0.25, 0.3) is 5.56 Å². The Morgan fingerprint density at radius 2 is 1.77 bits per heavy atom. The van der Waals surface area contributed by atoms with Crippen LogP contribution in [0.15, 0.2) is 46.0 Å². The molecule has 26 heavy (non-hydrogen) atoms. The third-order valence-corrected chi connectivity index (χ3v) is 3.94. The minimum atomic E-state index is -0.683. The fraction of sp³-hybridized carbons (Fsp3) is 0.235. The van der Waals surface area contributed by atoms with Crippen molar-refractivity contribution in [3.05, 3.63) is 74.3 Å². The van der Waals surface area contributed by atoms with Gasteiger partial charge < -0.3 is 4.74 Å². The number of nitrogens with zero attached hydrogens (tertiary/aromatic N) is 5. The number of carbonyl (C=O) groups excluding carboxylic acids is 1. The molecular formula is C17H17N5O4. The molecule has 0 saturated heterocycles. The molecule has 0 amide bonds. The van der Waals surface area contributed by atoms with Crippen molar-refractivity contribution in [3.63, 3.8) is 0 Å². The van der Waals surface area contributed by atoms with E-state index in [0.29, 0.717) is 17.1 Å². The first kappa shape index (κ1) is 17.3. The summed E-state index contributed by atoms with van der Waals surface area (Å²) >= 11 is 0. The number of benzene rings is 1. The first-order valence-corrected chi connectivity index (χ1v) is 7.81. The van der Waals surface area contributed by atoms with Crippen LogP contribution in [0.3, 0.4) is 0 Å².